The van der Waals surface area contributed by atoms with Crippen LogP contribution in [0.15, 0.2) is 132 Å². The minimum absolute atomic E-state index is 0.496. The Morgan fingerprint density at radius 3 is 2.15 bits per heavy atom. The number of hydrogen-bond acceptors (Lipinski definition) is 6. The van der Waals surface area contributed by atoms with E-state index in [1.165, 1.54) is 0 Å². The van der Waals surface area contributed by atoms with Gasteiger partial charge in [-0.3, -0.25) is 4.90 Å². The van der Waals surface area contributed by atoms with Gasteiger partial charge in [-0.15, -0.1) is 0 Å². The zero-order valence-electron chi connectivity index (χ0n) is 21.7. The summed E-state index contributed by atoms with van der Waals surface area (Å²) in [7, 11) is 0. The zero-order chi connectivity index (χ0) is 26.9. The molecule has 0 saturated carbocycles. The van der Waals surface area contributed by atoms with Crippen molar-refractivity contribution in [1.82, 2.24) is 15.0 Å². The van der Waals surface area contributed by atoms with Crippen LogP contribution in [0.3, 0.4) is 0 Å². The Morgan fingerprint density at radius 2 is 1.32 bits per heavy atom. The maximum absolute atomic E-state index is 6.27. The van der Waals surface area contributed by atoms with E-state index in [0.717, 1.165) is 50.6 Å². The number of nitrogens with zero attached hydrogens (tertiary/aromatic N) is 4. The predicted molar refractivity (Wildman–Crippen MR) is 158 cm³/mol. The van der Waals surface area contributed by atoms with E-state index in [1.807, 2.05) is 127 Å². The lowest BCUT2D eigenvalue weighted by atomic mass is 10.1. The highest BCUT2D eigenvalue weighted by molar-refractivity contribution is 6.08. The molecule has 0 atom stereocenters. The molecule has 0 bridgehead atoms. The van der Waals surface area contributed by atoms with Crippen LogP contribution in [0.4, 0.5) is 17.3 Å². The molecular weight excluding hydrogens is 496 g/mol. The van der Waals surface area contributed by atoms with Crippen LogP contribution in [0, 0.1) is 6.92 Å². The maximum Gasteiger partial charge on any atom is 0.227 e. The van der Waals surface area contributed by atoms with Crippen molar-refractivity contribution in [3.63, 3.8) is 0 Å². The van der Waals surface area contributed by atoms with E-state index in [2.05, 4.69) is 17.1 Å². The smallest absolute Gasteiger partial charge is 0.227 e. The Labute approximate surface area is 231 Å². The number of benzene rings is 3. The molecule has 0 N–H and O–H groups in total. The summed E-state index contributed by atoms with van der Waals surface area (Å²) in [6, 6.07) is 41.6. The number of fused-ring (bicyclic) bond motifs is 3. The molecule has 0 spiro atoms. The van der Waals surface area contributed by atoms with Gasteiger partial charge in [0.05, 0.1) is 5.69 Å². The van der Waals surface area contributed by atoms with Gasteiger partial charge in [-0.25, -0.2) is 9.97 Å². The molecule has 0 aliphatic rings. The molecule has 6 heteroatoms. The number of pyridine rings is 3. The van der Waals surface area contributed by atoms with Crippen LogP contribution < -0.4 is 9.64 Å². The van der Waals surface area contributed by atoms with Gasteiger partial charge in [0.2, 0.25) is 11.6 Å². The molecule has 0 radical (unpaired) electrons. The Hall–Kier alpha value is -5.49. The second kappa shape index (κ2) is 10.0. The van der Waals surface area contributed by atoms with E-state index in [-0.39, 0.29) is 0 Å². The summed E-state index contributed by atoms with van der Waals surface area (Å²) in [6.07, 6.45) is 0. The minimum Gasteiger partial charge on any atom is -0.439 e. The first-order chi connectivity index (χ1) is 19.7. The lowest BCUT2D eigenvalue weighted by Gasteiger charge is -2.24. The summed E-state index contributed by atoms with van der Waals surface area (Å²) in [6.45, 7) is 1.96. The van der Waals surface area contributed by atoms with Crippen LogP contribution in [-0.4, -0.2) is 15.0 Å². The number of aromatic nitrogens is 3. The van der Waals surface area contributed by atoms with Gasteiger partial charge in [-0.1, -0.05) is 60.7 Å². The summed E-state index contributed by atoms with van der Waals surface area (Å²) in [5.41, 5.74) is 4.93. The normalized spacial score (nSPS) is 11.1. The van der Waals surface area contributed by atoms with Crippen LogP contribution in [0.25, 0.3) is 33.3 Å². The second-order valence-corrected chi connectivity index (χ2v) is 9.39. The van der Waals surface area contributed by atoms with E-state index in [4.69, 9.17) is 19.1 Å². The van der Waals surface area contributed by atoms with E-state index < -0.39 is 0 Å². The average Bonchev–Trinajstić information content (AvgIpc) is 3.36. The van der Waals surface area contributed by atoms with Crippen molar-refractivity contribution in [2.45, 2.75) is 6.92 Å². The predicted octanol–water partition coefficient (Wildman–Crippen LogP) is 9.01. The van der Waals surface area contributed by atoms with Crippen LogP contribution in [0.5, 0.6) is 11.6 Å². The van der Waals surface area contributed by atoms with Crippen molar-refractivity contribution in [2.75, 3.05) is 4.90 Å². The molecule has 0 amide bonds. The fourth-order valence-corrected chi connectivity index (χ4v) is 4.82. The number of ether oxygens (including phenoxy) is 1. The van der Waals surface area contributed by atoms with E-state index in [0.29, 0.717) is 17.4 Å². The van der Waals surface area contributed by atoms with Gasteiger partial charge in [0.1, 0.15) is 23.0 Å². The number of furan rings is 1. The third-order valence-corrected chi connectivity index (χ3v) is 6.66. The number of rotatable bonds is 6. The van der Waals surface area contributed by atoms with Crippen LogP contribution in [-0.2, 0) is 0 Å². The molecule has 0 aliphatic carbocycles. The molecule has 40 heavy (non-hydrogen) atoms. The lowest BCUT2D eigenvalue weighted by molar-refractivity contribution is 0.463. The van der Waals surface area contributed by atoms with Gasteiger partial charge in [-0.05, 0) is 67.6 Å². The van der Waals surface area contributed by atoms with Crippen molar-refractivity contribution in [1.29, 1.82) is 0 Å². The summed E-state index contributed by atoms with van der Waals surface area (Å²) in [4.78, 5) is 16.6. The van der Waals surface area contributed by atoms with Gasteiger partial charge in [0, 0.05) is 33.8 Å². The molecule has 0 unspecified atom stereocenters. The van der Waals surface area contributed by atoms with Crippen molar-refractivity contribution in [3.05, 3.63) is 133 Å². The van der Waals surface area contributed by atoms with E-state index in [1.54, 1.807) is 0 Å². The molecule has 6 nitrogen and oxygen atoms in total. The highest BCUT2D eigenvalue weighted by Crippen LogP contribution is 2.37. The van der Waals surface area contributed by atoms with Gasteiger partial charge in [0.25, 0.3) is 0 Å². The molecule has 3 aromatic carbocycles. The zero-order valence-corrected chi connectivity index (χ0v) is 21.7. The fourth-order valence-electron chi connectivity index (χ4n) is 4.82. The number of para-hydroxylation sites is 3. The molecule has 192 valence electrons. The molecule has 4 heterocycles. The first-order valence-corrected chi connectivity index (χ1v) is 13.0. The SMILES string of the molecule is Cc1ccc2c(n1)oc1c(-c3cccc(N(c4ccccc4)c4cccc(Oc5ccccc5)n4)n3)cccc12. The first-order valence-electron chi connectivity index (χ1n) is 13.0. The second-order valence-electron chi connectivity index (χ2n) is 9.39. The van der Waals surface area contributed by atoms with Crippen molar-refractivity contribution >= 4 is 39.4 Å². The summed E-state index contributed by atoms with van der Waals surface area (Å²) < 4.78 is 12.3. The number of hydrogen-bond donors (Lipinski definition) is 0. The van der Waals surface area contributed by atoms with Crippen molar-refractivity contribution < 1.29 is 9.15 Å². The molecule has 7 aromatic rings. The topological polar surface area (TPSA) is 64.3 Å². The lowest BCUT2D eigenvalue weighted by Crippen LogP contribution is -2.13. The Morgan fingerprint density at radius 1 is 0.600 bits per heavy atom. The summed E-state index contributed by atoms with van der Waals surface area (Å²) in [5.74, 6) is 2.62. The minimum atomic E-state index is 0.496. The van der Waals surface area contributed by atoms with Crippen LogP contribution in [0.1, 0.15) is 5.69 Å². The van der Waals surface area contributed by atoms with Crippen LogP contribution >= 0.6 is 0 Å². The standard InChI is InChI=1S/C34H24N4O2/c1-23-21-22-27-26-15-8-16-28(33(26)40-34(27)35-23)29-17-9-18-30(36-29)38(24-11-4-2-5-12-24)31-19-10-20-32(37-31)39-25-13-6-3-7-14-25/h2-22H,1H3. The molecule has 4 aromatic heterocycles. The first kappa shape index (κ1) is 23.6. The largest absolute Gasteiger partial charge is 0.439 e. The molecule has 0 saturated heterocycles. The van der Waals surface area contributed by atoms with Crippen molar-refractivity contribution in [3.8, 4) is 22.9 Å². The van der Waals surface area contributed by atoms with Gasteiger partial charge < -0.3 is 9.15 Å². The Kier molecular flexibility index (Phi) is 5.90. The van der Waals surface area contributed by atoms with E-state index in [9.17, 15) is 0 Å². The average molecular weight is 521 g/mol. The molecule has 7 rings (SSSR count). The highest BCUT2D eigenvalue weighted by Gasteiger charge is 2.19. The molecule has 0 fully saturated rings. The van der Waals surface area contributed by atoms with Gasteiger partial charge in [-0.2, -0.15) is 4.98 Å². The van der Waals surface area contributed by atoms with Gasteiger partial charge in [0.15, 0.2) is 0 Å². The summed E-state index contributed by atoms with van der Waals surface area (Å²) in [5, 5.41) is 2.00. The van der Waals surface area contributed by atoms with Crippen LogP contribution in [0.2, 0.25) is 0 Å². The quantitative estimate of drug-likeness (QED) is 0.218. The Bertz CT molecular complexity index is 1950. The monoisotopic (exact) mass is 520 g/mol. The van der Waals surface area contributed by atoms with E-state index >= 15 is 0 Å². The number of anilines is 3. The van der Waals surface area contributed by atoms with Crippen molar-refractivity contribution in [2.24, 2.45) is 0 Å². The third-order valence-electron chi connectivity index (χ3n) is 6.66. The molecule has 0 aliphatic heterocycles. The molecular formula is C34H24N4O2. The third kappa shape index (κ3) is 4.41. The number of aryl methyl sites for hydroxylation is 1. The van der Waals surface area contributed by atoms with Gasteiger partial charge >= 0.3 is 0 Å². The maximum atomic E-state index is 6.27. The fraction of sp³-hybridized carbons (Fsp3) is 0.0294. The summed E-state index contributed by atoms with van der Waals surface area (Å²) >= 11 is 0. The Balaban J connectivity index is 1.34. The highest BCUT2D eigenvalue weighted by atomic mass is 16.5.